The van der Waals surface area contributed by atoms with Gasteiger partial charge in [0.05, 0.1) is 5.56 Å². The number of hydrogen-bond acceptors (Lipinski definition) is 4. The van der Waals surface area contributed by atoms with Gasteiger partial charge in [-0.2, -0.15) is 0 Å². The van der Waals surface area contributed by atoms with E-state index in [0.717, 1.165) is 16.3 Å². The molecule has 0 aliphatic heterocycles. The molecule has 0 aliphatic rings. The van der Waals surface area contributed by atoms with Gasteiger partial charge in [-0.3, -0.25) is 10.1 Å². The number of hydrogen-bond donors (Lipinski definition) is 2. The fourth-order valence-electron chi connectivity index (χ4n) is 3.56. The number of benzene rings is 4. The molecule has 1 heterocycles. The molecule has 1 aromatic heterocycles. The van der Waals surface area contributed by atoms with Gasteiger partial charge in [-0.05, 0) is 76.0 Å². The topological polar surface area (TPSA) is 67.2 Å². The zero-order valence-corrected chi connectivity index (χ0v) is 20.1. The zero-order chi connectivity index (χ0) is 22.9. The predicted molar refractivity (Wildman–Crippen MR) is 140 cm³/mol. The summed E-state index contributed by atoms with van der Waals surface area (Å²) in [6, 6.07) is 24.2. The molecule has 8 heteroatoms. The lowest BCUT2D eigenvalue weighted by atomic mass is 10.0. The number of carbonyl (C=O) groups is 1. The van der Waals surface area contributed by atoms with Gasteiger partial charge in [0.1, 0.15) is 5.52 Å². The van der Waals surface area contributed by atoms with Crippen LogP contribution in [0.1, 0.15) is 10.4 Å². The summed E-state index contributed by atoms with van der Waals surface area (Å²) in [6.07, 6.45) is 0. The number of amides is 1. The quantitative estimate of drug-likeness (QED) is 0.239. The monoisotopic (exact) mass is 535 g/mol. The first kappa shape index (κ1) is 21.6. The van der Waals surface area contributed by atoms with Crippen LogP contribution in [0.2, 0.25) is 5.02 Å². The normalized spacial score (nSPS) is 11.0. The van der Waals surface area contributed by atoms with E-state index in [1.165, 1.54) is 0 Å². The molecule has 4 aromatic carbocycles. The number of halogens is 2. The molecule has 0 fully saturated rings. The summed E-state index contributed by atoms with van der Waals surface area (Å²) in [5.74, 6) is 0.194. The fraction of sp³-hybridized carbons (Fsp3) is 0. The van der Waals surface area contributed by atoms with Gasteiger partial charge in [0.2, 0.25) is 5.89 Å². The standard InChI is InChI=1S/C25H15BrClN3O2S/c26-19-9-2-1-5-18(19)23(31)30-25(33)28-14-11-12-22-21(13-14)29-24(32-22)17-8-3-7-16-15(17)6-4-10-20(16)27/h1-13H,(H2,28,30,31,33). The first-order chi connectivity index (χ1) is 16.0. The average Bonchev–Trinajstić information content (AvgIpc) is 3.22. The first-order valence-corrected chi connectivity index (χ1v) is 11.5. The summed E-state index contributed by atoms with van der Waals surface area (Å²) in [5.41, 5.74) is 3.33. The Morgan fingerprint density at radius 3 is 2.61 bits per heavy atom. The van der Waals surface area contributed by atoms with Crippen LogP contribution in [0.4, 0.5) is 5.69 Å². The van der Waals surface area contributed by atoms with Crippen LogP contribution in [-0.2, 0) is 0 Å². The summed E-state index contributed by atoms with van der Waals surface area (Å²) in [7, 11) is 0. The third-order valence-electron chi connectivity index (χ3n) is 5.09. The molecule has 5 aromatic rings. The van der Waals surface area contributed by atoms with Crippen molar-refractivity contribution in [2.45, 2.75) is 0 Å². The summed E-state index contributed by atoms with van der Waals surface area (Å²) < 4.78 is 6.70. The van der Waals surface area contributed by atoms with Crippen LogP contribution in [0.25, 0.3) is 33.3 Å². The van der Waals surface area contributed by atoms with Gasteiger partial charge in [-0.1, -0.05) is 48.0 Å². The first-order valence-electron chi connectivity index (χ1n) is 9.95. The Balaban J connectivity index is 1.39. The third-order valence-corrected chi connectivity index (χ3v) is 6.32. The van der Waals surface area contributed by atoms with Crippen molar-refractivity contribution in [3.05, 3.63) is 93.9 Å². The molecule has 0 atom stereocenters. The molecule has 0 saturated carbocycles. The second-order valence-electron chi connectivity index (χ2n) is 7.23. The van der Waals surface area contributed by atoms with Crippen molar-refractivity contribution in [2.75, 3.05) is 5.32 Å². The van der Waals surface area contributed by atoms with E-state index in [-0.39, 0.29) is 11.0 Å². The van der Waals surface area contributed by atoms with Crippen molar-refractivity contribution >= 4 is 78.3 Å². The predicted octanol–water partition coefficient (Wildman–Crippen LogP) is 7.19. The zero-order valence-electron chi connectivity index (χ0n) is 16.9. The Kier molecular flexibility index (Phi) is 5.85. The molecular formula is C25H15BrClN3O2S. The van der Waals surface area contributed by atoms with Crippen LogP contribution in [0, 0.1) is 0 Å². The highest BCUT2D eigenvalue weighted by Crippen LogP contribution is 2.34. The Bertz CT molecular complexity index is 1550. The highest BCUT2D eigenvalue weighted by atomic mass is 79.9. The highest BCUT2D eigenvalue weighted by molar-refractivity contribution is 9.10. The molecule has 5 nitrogen and oxygen atoms in total. The maximum Gasteiger partial charge on any atom is 0.258 e. The Morgan fingerprint density at radius 2 is 1.76 bits per heavy atom. The lowest BCUT2D eigenvalue weighted by Gasteiger charge is -2.10. The van der Waals surface area contributed by atoms with Gasteiger partial charge in [-0.15, -0.1) is 0 Å². The van der Waals surface area contributed by atoms with Crippen LogP contribution < -0.4 is 10.6 Å². The summed E-state index contributed by atoms with van der Waals surface area (Å²) in [4.78, 5) is 17.1. The van der Waals surface area contributed by atoms with Gasteiger partial charge in [0.25, 0.3) is 5.91 Å². The van der Waals surface area contributed by atoms with E-state index >= 15 is 0 Å². The lowest BCUT2D eigenvalue weighted by Crippen LogP contribution is -2.34. The number of nitrogens with one attached hydrogen (secondary N) is 2. The van der Waals surface area contributed by atoms with Crippen LogP contribution >= 0.6 is 39.7 Å². The van der Waals surface area contributed by atoms with Gasteiger partial charge in [0.15, 0.2) is 10.7 Å². The number of thiocarbonyl (C=S) groups is 1. The van der Waals surface area contributed by atoms with Crippen molar-refractivity contribution in [1.82, 2.24) is 10.3 Å². The molecule has 0 radical (unpaired) electrons. The minimum absolute atomic E-state index is 0.183. The van der Waals surface area contributed by atoms with Crippen molar-refractivity contribution < 1.29 is 9.21 Å². The summed E-state index contributed by atoms with van der Waals surface area (Å²) in [6.45, 7) is 0. The number of anilines is 1. The number of rotatable bonds is 3. The van der Waals surface area contributed by atoms with Crippen molar-refractivity contribution in [3.63, 3.8) is 0 Å². The Morgan fingerprint density at radius 1 is 0.970 bits per heavy atom. The van der Waals surface area contributed by atoms with E-state index in [1.54, 1.807) is 18.2 Å². The maximum absolute atomic E-state index is 12.5. The van der Waals surface area contributed by atoms with Gasteiger partial charge >= 0.3 is 0 Å². The fourth-order valence-corrected chi connectivity index (χ4v) is 4.47. The molecule has 162 valence electrons. The SMILES string of the molecule is O=C(NC(=S)Nc1ccc2oc(-c3cccc4c(Cl)cccc34)nc2c1)c1ccccc1Br. The highest BCUT2D eigenvalue weighted by Gasteiger charge is 2.14. The largest absolute Gasteiger partial charge is 0.436 e. The third kappa shape index (κ3) is 4.35. The minimum Gasteiger partial charge on any atom is -0.436 e. The minimum atomic E-state index is -0.306. The molecule has 0 bridgehead atoms. The second-order valence-corrected chi connectivity index (χ2v) is 8.90. The number of fused-ring (bicyclic) bond motifs is 2. The van der Waals surface area contributed by atoms with E-state index in [2.05, 4.69) is 31.5 Å². The Hall–Kier alpha value is -3.26. The second kappa shape index (κ2) is 8.94. The molecule has 1 amide bonds. The summed E-state index contributed by atoms with van der Waals surface area (Å²) in [5, 5.41) is 8.47. The number of aromatic nitrogens is 1. The van der Waals surface area contributed by atoms with E-state index < -0.39 is 0 Å². The van der Waals surface area contributed by atoms with E-state index in [0.29, 0.717) is 37.7 Å². The Labute approximate surface area is 207 Å². The summed E-state index contributed by atoms with van der Waals surface area (Å²) >= 11 is 15.0. The molecule has 33 heavy (non-hydrogen) atoms. The maximum atomic E-state index is 12.5. The molecule has 0 spiro atoms. The number of nitrogens with zero attached hydrogens (tertiary/aromatic N) is 1. The van der Waals surface area contributed by atoms with Crippen molar-refractivity contribution in [2.24, 2.45) is 0 Å². The molecule has 2 N–H and O–H groups in total. The molecular weight excluding hydrogens is 522 g/mol. The van der Waals surface area contributed by atoms with Crippen molar-refractivity contribution in [1.29, 1.82) is 0 Å². The van der Waals surface area contributed by atoms with E-state index in [1.807, 2.05) is 60.7 Å². The lowest BCUT2D eigenvalue weighted by molar-refractivity contribution is 0.0977. The van der Waals surface area contributed by atoms with Gasteiger partial charge < -0.3 is 9.73 Å². The number of carbonyl (C=O) groups excluding carboxylic acids is 1. The van der Waals surface area contributed by atoms with Crippen LogP contribution in [0.3, 0.4) is 0 Å². The van der Waals surface area contributed by atoms with Crippen molar-refractivity contribution in [3.8, 4) is 11.5 Å². The van der Waals surface area contributed by atoms with Gasteiger partial charge in [-0.25, -0.2) is 4.98 Å². The van der Waals surface area contributed by atoms with E-state index in [9.17, 15) is 4.79 Å². The molecule has 0 saturated heterocycles. The number of oxazole rings is 1. The molecule has 5 rings (SSSR count). The molecule has 0 unspecified atom stereocenters. The van der Waals surface area contributed by atoms with Crippen LogP contribution in [0.15, 0.2) is 87.8 Å². The smallest absolute Gasteiger partial charge is 0.258 e. The molecule has 0 aliphatic carbocycles. The van der Waals surface area contributed by atoms with Crippen LogP contribution in [0.5, 0.6) is 0 Å². The van der Waals surface area contributed by atoms with E-state index in [4.69, 9.17) is 28.2 Å². The average molecular weight is 537 g/mol. The van der Waals surface area contributed by atoms with Gasteiger partial charge in [0, 0.05) is 26.1 Å². The van der Waals surface area contributed by atoms with Crippen LogP contribution in [-0.4, -0.2) is 16.0 Å².